The Balaban J connectivity index is 2.43. The van der Waals surface area contributed by atoms with Gasteiger partial charge in [0.25, 0.3) is 0 Å². The molecule has 2 N–H and O–H groups in total. The maximum atomic E-state index is 14.2. The summed E-state index contributed by atoms with van der Waals surface area (Å²) in [5, 5.41) is 23.0. The van der Waals surface area contributed by atoms with Crippen LogP contribution < -0.4 is 5.32 Å². The van der Waals surface area contributed by atoms with E-state index in [1.54, 1.807) is 0 Å². The van der Waals surface area contributed by atoms with Crippen molar-refractivity contribution in [2.45, 2.75) is 56.8 Å². The van der Waals surface area contributed by atoms with E-state index < -0.39 is 57.9 Å². The highest BCUT2D eigenvalue weighted by Crippen LogP contribution is 2.54. The number of alkyl halides is 3. The van der Waals surface area contributed by atoms with Gasteiger partial charge in [0, 0.05) is 17.0 Å². The van der Waals surface area contributed by atoms with Crippen LogP contribution in [0.1, 0.15) is 49.8 Å². The minimum absolute atomic E-state index is 0.132. The SMILES string of the molecule is CC(C)(C)C[C@@H]1N[C@@H](C(=O)O)[C@H](c2ccc(F)c(Cl)c2)[C@@]1(C#N)c1ccc(Cl)cc1C(F)(F)F. The largest absolute Gasteiger partial charge is 0.480 e. The smallest absolute Gasteiger partial charge is 0.416 e. The number of nitrogens with zero attached hydrogens (tertiary/aromatic N) is 1. The van der Waals surface area contributed by atoms with Crippen LogP contribution in [0.3, 0.4) is 0 Å². The van der Waals surface area contributed by atoms with Crippen LogP contribution in [-0.4, -0.2) is 23.2 Å². The lowest BCUT2D eigenvalue weighted by atomic mass is 9.62. The second-order valence-electron chi connectivity index (χ2n) is 9.62. The van der Waals surface area contributed by atoms with Gasteiger partial charge in [-0.3, -0.25) is 10.1 Å². The van der Waals surface area contributed by atoms with Gasteiger partial charge in [-0.1, -0.05) is 56.1 Å². The van der Waals surface area contributed by atoms with Crippen molar-refractivity contribution in [3.63, 3.8) is 0 Å². The van der Waals surface area contributed by atoms with Gasteiger partial charge in [0.05, 0.1) is 16.7 Å². The number of nitriles is 1. The van der Waals surface area contributed by atoms with E-state index in [1.165, 1.54) is 12.1 Å². The fourth-order valence-electron chi connectivity index (χ4n) is 4.81. The maximum absolute atomic E-state index is 14.2. The zero-order valence-corrected chi connectivity index (χ0v) is 20.0. The van der Waals surface area contributed by atoms with Gasteiger partial charge >= 0.3 is 12.1 Å². The lowest BCUT2D eigenvalue weighted by molar-refractivity contribution is -0.139. The molecular weight excluding hydrogens is 495 g/mol. The summed E-state index contributed by atoms with van der Waals surface area (Å²) in [5.41, 5.74) is -3.88. The molecule has 1 heterocycles. The Bertz CT molecular complexity index is 1160. The van der Waals surface area contributed by atoms with E-state index in [-0.39, 0.29) is 22.0 Å². The van der Waals surface area contributed by atoms with E-state index in [0.29, 0.717) is 0 Å². The molecular formula is C24H22Cl2F4N2O2. The van der Waals surface area contributed by atoms with Gasteiger partial charge in [-0.2, -0.15) is 18.4 Å². The summed E-state index contributed by atoms with van der Waals surface area (Å²) in [6.45, 7) is 5.50. The number of carboxylic acids is 1. The molecule has 1 aliphatic rings. The van der Waals surface area contributed by atoms with Crippen LogP contribution in [0.2, 0.25) is 10.0 Å². The molecule has 1 aliphatic heterocycles. The number of aliphatic carboxylic acids is 1. The van der Waals surface area contributed by atoms with Crippen LogP contribution in [0.4, 0.5) is 17.6 Å². The number of carbonyl (C=O) groups is 1. The van der Waals surface area contributed by atoms with Crippen molar-refractivity contribution in [1.29, 1.82) is 5.26 Å². The zero-order valence-electron chi connectivity index (χ0n) is 18.5. The summed E-state index contributed by atoms with van der Waals surface area (Å²) in [5.74, 6) is -3.45. The Hall–Kier alpha value is -2.34. The standard InChI is InChI=1S/C24H22Cl2F4N2O2/c1-22(2,3)10-18-23(11-31,14-6-5-13(25)9-15(14)24(28,29)30)19(20(32-18)21(33)34)12-4-7-17(27)16(26)8-12/h4-9,18-20,32H,10H2,1-3H3,(H,33,34)/t18-,19-,20+,23-/m0/s1. The first kappa shape index (κ1) is 26.3. The number of carboxylic acid groups (broad SMARTS) is 1. The predicted molar refractivity (Wildman–Crippen MR) is 120 cm³/mol. The molecule has 1 fully saturated rings. The number of nitrogens with one attached hydrogen (secondary N) is 1. The predicted octanol–water partition coefficient (Wildman–Crippen LogP) is 6.56. The van der Waals surface area contributed by atoms with Gasteiger partial charge in [-0.05, 0) is 47.2 Å². The highest BCUT2D eigenvalue weighted by atomic mass is 35.5. The first-order chi connectivity index (χ1) is 15.6. The average Bonchev–Trinajstić information content (AvgIpc) is 3.03. The van der Waals surface area contributed by atoms with Crippen LogP contribution in [0.15, 0.2) is 36.4 Å². The number of halogens is 6. The number of hydrogen-bond donors (Lipinski definition) is 2. The summed E-state index contributed by atoms with van der Waals surface area (Å²) in [4.78, 5) is 12.3. The molecule has 182 valence electrons. The number of rotatable bonds is 4. The van der Waals surface area contributed by atoms with Gasteiger partial charge in [-0.15, -0.1) is 0 Å². The maximum Gasteiger partial charge on any atom is 0.416 e. The van der Waals surface area contributed by atoms with Crippen molar-refractivity contribution in [2.24, 2.45) is 5.41 Å². The Morgan fingerprint density at radius 2 is 1.82 bits per heavy atom. The van der Waals surface area contributed by atoms with E-state index in [0.717, 1.165) is 24.3 Å². The lowest BCUT2D eigenvalue weighted by Gasteiger charge is -2.38. The van der Waals surface area contributed by atoms with Crippen molar-refractivity contribution in [3.05, 3.63) is 69.0 Å². The molecule has 0 unspecified atom stereocenters. The molecule has 0 aromatic heterocycles. The normalized spacial score (nSPS) is 25.2. The molecule has 0 spiro atoms. The van der Waals surface area contributed by atoms with E-state index >= 15 is 0 Å². The summed E-state index contributed by atoms with van der Waals surface area (Å²) < 4.78 is 56.5. The first-order valence-corrected chi connectivity index (χ1v) is 11.1. The Morgan fingerprint density at radius 1 is 1.18 bits per heavy atom. The van der Waals surface area contributed by atoms with Gasteiger partial charge in [0.1, 0.15) is 17.3 Å². The van der Waals surface area contributed by atoms with E-state index in [4.69, 9.17) is 23.2 Å². The lowest BCUT2D eigenvalue weighted by Crippen LogP contribution is -2.45. The minimum atomic E-state index is -4.87. The van der Waals surface area contributed by atoms with Gasteiger partial charge < -0.3 is 5.11 Å². The third-order valence-corrected chi connectivity index (χ3v) is 6.58. The number of hydrogen-bond acceptors (Lipinski definition) is 3. The minimum Gasteiger partial charge on any atom is -0.480 e. The molecule has 0 amide bonds. The summed E-state index contributed by atoms with van der Waals surface area (Å²) in [6, 6.07) is 6.13. The number of benzene rings is 2. The second kappa shape index (κ2) is 9.03. The van der Waals surface area contributed by atoms with E-state index in [9.17, 15) is 32.7 Å². The molecule has 0 saturated carbocycles. The quantitative estimate of drug-likeness (QED) is 0.451. The fraction of sp³-hybridized carbons (Fsp3) is 0.417. The van der Waals surface area contributed by atoms with Crippen LogP contribution in [0, 0.1) is 22.6 Å². The highest BCUT2D eigenvalue weighted by molar-refractivity contribution is 6.31. The Kier molecular flexibility index (Phi) is 6.97. The van der Waals surface area contributed by atoms with Crippen LogP contribution in [0.25, 0.3) is 0 Å². The molecule has 3 rings (SSSR count). The van der Waals surface area contributed by atoms with Crippen molar-refractivity contribution < 1.29 is 27.5 Å². The molecule has 0 radical (unpaired) electrons. The van der Waals surface area contributed by atoms with E-state index in [2.05, 4.69) is 11.4 Å². The first-order valence-electron chi connectivity index (χ1n) is 10.3. The summed E-state index contributed by atoms with van der Waals surface area (Å²) >= 11 is 11.8. The third kappa shape index (κ3) is 4.74. The van der Waals surface area contributed by atoms with Gasteiger partial charge in [-0.25, -0.2) is 4.39 Å². The molecule has 2 aromatic carbocycles. The second-order valence-corrected chi connectivity index (χ2v) is 10.5. The Labute approximate surface area is 204 Å². The zero-order chi connectivity index (χ0) is 25.6. The van der Waals surface area contributed by atoms with Crippen molar-refractivity contribution in [3.8, 4) is 6.07 Å². The van der Waals surface area contributed by atoms with Gasteiger partial charge in [0.2, 0.25) is 0 Å². The van der Waals surface area contributed by atoms with Crippen LogP contribution in [-0.2, 0) is 16.4 Å². The summed E-state index contributed by atoms with van der Waals surface area (Å²) in [7, 11) is 0. The topological polar surface area (TPSA) is 73.1 Å². The third-order valence-electron chi connectivity index (χ3n) is 6.06. The van der Waals surface area contributed by atoms with Crippen molar-refractivity contribution in [1.82, 2.24) is 5.32 Å². The highest BCUT2D eigenvalue weighted by Gasteiger charge is 2.61. The molecule has 0 aliphatic carbocycles. The molecule has 4 nitrogen and oxygen atoms in total. The molecule has 2 aromatic rings. The van der Waals surface area contributed by atoms with Gasteiger partial charge in [0.15, 0.2) is 0 Å². The molecule has 1 saturated heterocycles. The molecule has 4 atom stereocenters. The van der Waals surface area contributed by atoms with Crippen LogP contribution >= 0.6 is 23.2 Å². The fourth-order valence-corrected chi connectivity index (χ4v) is 5.17. The molecule has 10 heteroatoms. The van der Waals surface area contributed by atoms with E-state index in [1.807, 2.05) is 20.8 Å². The van der Waals surface area contributed by atoms with Crippen LogP contribution in [0.5, 0.6) is 0 Å². The Morgan fingerprint density at radius 3 is 2.32 bits per heavy atom. The van der Waals surface area contributed by atoms with Crippen molar-refractivity contribution >= 4 is 29.2 Å². The molecule has 0 bridgehead atoms. The summed E-state index contributed by atoms with van der Waals surface area (Å²) in [6.07, 6.45) is -4.70. The molecule has 34 heavy (non-hydrogen) atoms. The monoisotopic (exact) mass is 516 g/mol. The van der Waals surface area contributed by atoms with Crippen molar-refractivity contribution in [2.75, 3.05) is 0 Å². The average molecular weight is 517 g/mol.